The van der Waals surface area contributed by atoms with Crippen molar-refractivity contribution < 1.29 is 5.11 Å². The fraction of sp³-hybridized carbons (Fsp3) is 0.0769. The molecule has 2 aromatic rings. The number of halogens is 1. The highest BCUT2D eigenvalue weighted by Gasteiger charge is 2.27. The fourth-order valence-electron chi connectivity index (χ4n) is 2.22. The van der Waals surface area contributed by atoms with E-state index in [1.165, 1.54) is 0 Å². The summed E-state index contributed by atoms with van der Waals surface area (Å²) in [4.78, 5) is 0. The zero-order chi connectivity index (χ0) is 11.3. The Morgan fingerprint density at radius 3 is 2.62 bits per heavy atom. The largest absolute Gasteiger partial charge is 0.398 e. The first kappa shape index (κ1) is 9.70. The van der Waals surface area contributed by atoms with Crippen molar-refractivity contribution in [3.8, 4) is 11.1 Å². The van der Waals surface area contributed by atoms with Gasteiger partial charge in [-0.25, -0.2) is 0 Å². The lowest BCUT2D eigenvalue weighted by Crippen LogP contribution is -1.95. The van der Waals surface area contributed by atoms with Gasteiger partial charge in [-0.1, -0.05) is 35.9 Å². The number of anilines is 1. The van der Waals surface area contributed by atoms with Crippen LogP contribution in [0.2, 0.25) is 5.02 Å². The topological polar surface area (TPSA) is 46.2 Å². The molecule has 0 fully saturated rings. The highest BCUT2D eigenvalue weighted by molar-refractivity contribution is 6.33. The van der Waals surface area contributed by atoms with Crippen LogP contribution < -0.4 is 5.73 Å². The van der Waals surface area contributed by atoms with Gasteiger partial charge in [0.2, 0.25) is 0 Å². The van der Waals surface area contributed by atoms with Gasteiger partial charge >= 0.3 is 0 Å². The van der Waals surface area contributed by atoms with Crippen molar-refractivity contribution in [3.05, 3.63) is 52.5 Å². The molecule has 3 heteroatoms. The number of nitrogens with two attached hydrogens (primary N) is 1. The Morgan fingerprint density at radius 2 is 1.81 bits per heavy atom. The van der Waals surface area contributed by atoms with E-state index in [1.807, 2.05) is 30.3 Å². The Hall–Kier alpha value is -1.51. The summed E-state index contributed by atoms with van der Waals surface area (Å²) in [6.45, 7) is 0. The number of rotatable bonds is 0. The standard InChI is InChI=1S/C13H10ClNO/c14-11-5-9-7-3-1-2-4-8(7)13(16)10(9)6-12(11)15/h1-6,13,16H,15H2. The third kappa shape index (κ3) is 1.17. The zero-order valence-electron chi connectivity index (χ0n) is 8.44. The second kappa shape index (κ2) is 3.24. The number of hydrogen-bond donors (Lipinski definition) is 2. The predicted octanol–water partition coefficient (Wildman–Crippen LogP) is 2.98. The summed E-state index contributed by atoms with van der Waals surface area (Å²) in [5, 5.41) is 10.7. The van der Waals surface area contributed by atoms with Crippen molar-refractivity contribution in [3.63, 3.8) is 0 Å². The summed E-state index contributed by atoms with van der Waals surface area (Å²) in [7, 11) is 0. The molecule has 0 saturated carbocycles. The summed E-state index contributed by atoms with van der Waals surface area (Å²) >= 11 is 6.00. The maximum absolute atomic E-state index is 10.2. The SMILES string of the molecule is Nc1cc2c(cc1Cl)-c1ccccc1C2O. The highest BCUT2D eigenvalue weighted by Crippen LogP contribution is 2.45. The molecule has 0 radical (unpaired) electrons. The first-order valence-corrected chi connectivity index (χ1v) is 5.42. The molecule has 2 aromatic carbocycles. The van der Waals surface area contributed by atoms with Gasteiger partial charge in [0.15, 0.2) is 0 Å². The molecule has 16 heavy (non-hydrogen) atoms. The van der Waals surface area contributed by atoms with Crippen LogP contribution in [0, 0.1) is 0 Å². The van der Waals surface area contributed by atoms with E-state index >= 15 is 0 Å². The van der Waals surface area contributed by atoms with Crippen molar-refractivity contribution in [2.45, 2.75) is 6.10 Å². The van der Waals surface area contributed by atoms with E-state index in [1.54, 1.807) is 6.07 Å². The van der Waals surface area contributed by atoms with Crippen LogP contribution in [0.25, 0.3) is 11.1 Å². The lowest BCUT2D eigenvalue weighted by Gasteiger charge is -2.06. The molecular weight excluding hydrogens is 222 g/mol. The normalized spacial score (nSPS) is 17.0. The van der Waals surface area contributed by atoms with Crippen LogP contribution in [0.4, 0.5) is 5.69 Å². The van der Waals surface area contributed by atoms with Crippen LogP contribution >= 0.6 is 11.6 Å². The monoisotopic (exact) mass is 231 g/mol. The molecule has 2 nitrogen and oxygen atoms in total. The van der Waals surface area contributed by atoms with Gasteiger partial charge in [0, 0.05) is 0 Å². The van der Waals surface area contributed by atoms with E-state index in [9.17, 15) is 5.11 Å². The number of nitrogen functional groups attached to an aromatic ring is 1. The number of aliphatic hydroxyl groups is 1. The van der Waals surface area contributed by atoms with Crippen LogP contribution in [-0.4, -0.2) is 5.11 Å². The molecule has 0 heterocycles. The molecule has 0 aromatic heterocycles. The van der Waals surface area contributed by atoms with Crippen molar-refractivity contribution >= 4 is 17.3 Å². The molecule has 0 amide bonds. The average molecular weight is 232 g/mol. The minimum atomic E-state index is -0.592. The van der Waals surface area contributed by atoms with Crippen molar-refractivity contribution in [2.24, 2.45) is 0 Å². The van der Waals surface area contributed by atoms with Gasteiger partial charge in [-0.15, -0.1) is 0 Å². The van der Waals surface area contributed by atoms with E-state index in [-0.39, 0.29) is 0 Å². The van der Waals surface area contributed by atoms with Crippen LogP contribution in [0.15, 0.2) is 36.4 Å². The van der Waals surface area contributed by atoms with Crippen LogP contribution in [0.5, 0.6) is 0 Å². The van der Waals surface area contributed by atoms with E-state index in [0.29, 0.717) is 10.7 Å². The quantitative estimate of drug-likeness (QED) is 0.685. The average Bonchev–Trinajstić information content (AvgIpc) is 2.55. The minimum Gasteiger partial charge on any atom is -0.398 e. The summed E-state index contributed by atoms with van der Waals surface area (Å²) in [5.74, 6) is 0. The second-order valence-corrected chi connectivity index (χ2v) is 4.36. The molecule has 3 rings (SSSR count). The van der Waals surface area contributed by atoms with Crippen molar-refractivity contribution in [1.29, 1.82) is 0 Å². The van der Waals surface area contributed by atoms with Gasteiger partial charge in [0.1, 0.15) is 6.10 Å². The molecule has 1 aliphatic carbocycles. The van der Waals surface area contributed by atoms with Gasteiger partial charge in [0.05, 0.1) is 10.7 Å². The summed E-state index contributed by atoms with van der Waals surface area (Å²) in [5.41, 5.74) is 10.0. The maximum atomic E-state index is 10.2. The van der Waals surface area contributed by atoms with Crippen LogP contribution in [0.1, 0.15) is 17.2 Å². The molecule has 0 bridgehead atoms. The third-order valence-electron chi connectivity index (χ3n) is 3.01. The van der Waals surface area contributed by atoms with Crippen molar-refractivity contribution in [1.82, 2.24) is 0 Å². The Balaban J connectivity index is 2.34. The zero-order valence-corrected chi connectivity index (χ0v) is 9.20. The Kier molecular flexibility index (Phi) is 1.96. The van der Waals surface area contributed by atoms with Gasteiger partial charge in [-0.2, -0.15) is 0 Å². The maximum Gasteiger partial charge on any atom is 0.105 e. The van der Waals surface area contributed by atoms with Crippen LogP contribution in [-0.2, 0) is 0 Å². The van der Waals surface area contributed by atoms with Gasteiger partial charge in [-0.05, 0) is 34.4 Å². The Morgan fingerprint density at radius 1 is 1.06 bits per heavy atom. The fourth-order valence-corrected chi connectivity index (χ4v) is 2.38. The summed E-state index contributed by atoms with van der Waals surface area (Å²) < 4.78 is 0. The molecule has 80 valence electrons. The van der Waals surface area contributed by atoms with E-state index in [2.05, 4.69) is 0 Å². The first-order valence-electron chi connectivity index (χ1n) is 5.05. The molecule has 1 aliphatic rings. The predicted molar refractivity (Wildman–Crippen MR) is 65.4 cm³/mol. The molecule has 0 aliphatic heterocycles. The summed E-state index contributed by atoms with van der Waals surface area (Å²) in [6.07, 6.45) is -0.592. The van der Waals surface area contributed by atoms with E-state index in [0.717, 1.165) is 22.3 Å². The number of benzene rings is 2. The first-order chi connectivity index (χ1) is 7.68. The number of fused-ring (bicyclic) bond motifs is 3. The minimum absolute atomic E-state index is 0.507. The lowest BCUT2D eigenvalue weighted by atomic mass is 10.1. The van der Waals surface area contributed by atoms with Gasteiger partial charge < -0.3 is 10.8 Å². The lowest BCUT2D eigenvalue weighted by molar-refractivity contribution is 0.225. The van der Waals surface area contributed by atoms with Crippen LogP contribution in [0.3, 0.4) is 0 Å². The Labute approximate surface area is 98.3 Å². The molecule has 1 unspecified atom stereocenters. The molecule has 1 atom stereocenters. The van der Waals surface area contributed by atoms with E-state index in [4.69, 9.17) is 17.3 Å². The molecule has 0 saturated heterocycles. The summed E-state index contributed by atoms with van der Waals surface area (Å²) in [6, 6.07) is 11.3. The smallest absolute Gasteiger partial charge is 0.105 e. The molecule has 3 N–H and O–H groups in total. The highest BCUT2D eigenvalue weighted by atomic mass is 35.5. The van der Waals surface area contributed by atoms with E-state index < -0.39 is 6.10 Å². The number of aliphatic hydroxyl groups excluding tert-OH is 1. The third-order valence-corrected chi connectivity index (χ3v) is 3.34. The molecule has 0 spiro atoms. The second-order valence-electron chi connectivity index (χ2n) is 3.95. The molecular formula is C13H10ClNO. The van der Waals surface area contributed by atoms with Gasteiger partial charge in [-0.3, -0.25) is 0 Å². The van der Waals surface area contributed by atoms with Crippen molar-refractivity contribution in [2.75, 3.05) is 5.73 Å². The number of hydrogen-bond acceptors (Lipinski definition) is 2. The Bertz CT molecular complexity index is 580. The van der Waals surface area contributed by atoms with Gasteiger partial charge in [0.25, 0.3) is 0 Å².